The van der Waals surface area contributed by atoms with E-state index in [0.29, 0.717) is 0 Å². The van der Waals surface area contributed by atoms with Gasteiger partial charge in [0.2, 0.25) is 0 Å². The van der Waals surface area contributed by atoms with Crippen molar-refractivity contribution in [3.05, 3.63) is 0 Å². The fourth-order valence-electron chi connectivity index (χ4n) is 2.68. The molecule has 0 heterocycles. The third-order valence-electron chi connectivity index (χ3n) is 4.11. The van der Waals surface area contributed by atoms with E-state index in [1.54, 1.807) is 0 Å². The van der Waals surface area contributed by atoms with E-state index in [1.165, 1.54) is 96.3 Å². The van der Waals surface area contributed by atoms with Crippen LogP contribution in [0.3, 0.4) is 0 Å². The van der Waals surface area contributed by atoms with Gasteiger partial charge in [-0.2, -0.15) is 0 Å². The minimum Gasteiger partial charge on any atom is -0.134 e. The van der Waals surface area contributed by atoms with E-state index in [-0.39, 0.29) is 0 Å². The molecule has 0 nitrogen and oxygen atoms in total. The Morgan fingerprint density at radius 1 is 0.526 bits per heavy atom. The van der Waals surface area contributed by atoms with Gasteiger partial charge in [-0.15, -0.1) is 9.24 Å². The van der Waals surface area contributed by atoms with E-state index in [1.807, 2.05) is 0 Å². The third-order valence-corrected chi connectivity index (χ3v) is 4.77. The van der Waals surface area contributed by atoms with Gasteiger partial charge in [-0.25, -0.2) is 0 Å². The monoisotopic (exact) mass is 286 g/mol. The van der Waals surface area contributed by atoms with Crippen LogP contribution in [0.25, 0.3) is 0 Å². The highest BCUT2D eigenvalue weighted by molar-refractivity contribution is 7.17. The maximum atomic E-state index is 3.04. The van der Waals surface area contributed by atoms with Crippen LogP contribution in [0.1, 0.15) is 110 Å². The molecule has 0 aromatic carbocycles. The summed E-state index contributed by atoms with van der Waals surface area (Å²) in [6, 6.07) is 0. The van der Waals surface area contributed by atoms with Crippen molar-refractivity contribution in [2.75, 3.05) is 0 Å². The van der Waals surface area contributed by atoms with Gasteiger partial charge in [0.15, 0.2) is 0 Å². The zero-order chi connectivity index (χ0) is 14.2. The van der Waals surface area contributed by atoms with Gasteiger partial charge in [-0.3, -0.25) is 0 Å². The summed E-state index contributed by atoms with van der Waals surface area (Å²) in [7, 11) is 3.04. The molecule has 0 saturated heterocycles. The van der Waals surface area contributed by atoms with E-state index in [0.717, 1.165) is 5.66 Å². The lowest BCUT2D eigenvalue weighted by Gasteiger charge is -2.09. The predicted octanol–water partition coefficient (Wildman–Crippen LogP) is 7.12. The molecule has 0 aromatic rings. The Morgan fingerprint density at radius 2 is 0.895 bits per heavy atom. The summed E-state index contributed by atoms with van der Waals surface area (Å²) >= 11 is 0. The van der Waals surface area contributed by atoms with Crippen molar-refractivity contribution in [3.63, 3.8) is 0 Å². The van der Waals surface area contributed by atoms with E-state index in [2.05, 4.69) is 23.1 Å². The van der Waals surface area contributed by atoms with Crippen molar-refractivity contribution in [1.82, 2.24) is 0 Å². The quantitative estimate of drug-likeness (QED) is 0.222. The Labute approximate surface area is 125 Å². The van der Waals surface area contributed by atoms with Gasteiger partial charge in [0.25, 0.3) is 0 Å². The molecule has 116 valence electrons. The Balaban J connectivity index is 3.02. The zero-order valence-electron chi connectivity index (χ0n) is 13.8. The number of hydrogen-bond acceptors (Lipinski definition) is 0. The minimum absolute atomic E-state index is 0.888. The smallest absolute Gasteiger partial charge is 0.0264 e. The molecule has 0 radical (unpaired) electrons. The molecule has 0 aliphatic rings. The van der Waals surface area contributed by atoms with Crippen LogP contribution in [-0.2, 0) is 0 Å². The molecule has 0 spiro atoms. The molecule has 0 aliphatic heterocycles. The number of unbranched alkanes of at least 4 members (excludes halogenated alkanes) is 11. The van der Waals surface area contributed by atoms with Crippen molar-refractivity contribution in [2.45, 2.75) is 116 Å². The van der Waals surface area contributed by atoms with Crippen LogP contribution in [-0.4, -0.2) is 5.66 Å². The predicted molar refractivity (Wildman–Crippen MR) is 94.1 cm³/mol. The molecule has 0 amide bonds. The number of rotatable bonds is 15. The molecule has 2 atom stereocenters. The standard InChI is InChI=1S/C18H39P/c1-3-5-7-8-9-10-11-12-13-14-15-17-18(19)16-6-4-2/h18H,3-17,19H2,1-2H3. The average molecular weight is 286 g/mol. The first-order chi connectivity index (χ1) is 9.31. The number of hydrogen-bond donors (Lipinski definition) is 0. The second-order valence-corrected chi connectivity index (χ2v) is 7.17. The van der Waals surface area contributed by atoms with Crippen LogP contribution in [0.5, 0.6) is 0 Å². The summed E-state index contributed by atoms with van der Waals surface area (Å²) < 4.78 is 0. The van der Waals surface area contributed by atoms with Gasteiger partial charge in [0.1, 0.15) is 0 Å². The van der Waals surface area contributed by atoms with E-state index in [9.17, 15) is 0 Å². The fourth-order valence-corrected chi connectivity index (χ4v) is 3.15. The van der Waals surface area contributed by atoms with E-state index >= 15 is 0 Å². The van der Waals surface area contributed by atoms with Crippen LogP contribution >= 0.6 is 9.24 Å². The van der Waals surface area contributed by atoms with Crippen molar-refractivity contribution in [1.29, 1.82) is 0 Å². The molecule has 0 bridgehead atoms. The Bertz CT molecular complexity index is 156. The molecular formula is C18H39P. The molecule has 2 unspecified atom stereocenters. The highest BCUT2D eigenvalue weighted by Crippen LogP contribution is 2.18. The first kappa shape index (κ1) is 19.4. The summed E-state index contributed by atoms with van der Waals surface area (Å²) in [6.07, 6.45) is 21.7. The van der Waals surface area contributed by atoms with E-state index < -0.39 is 0 Å². The van der Waals surface area contributed by atoms with Crippen molar-refractivity contribution >= 4 is 9.24 Å². The van der Waals surface area contributed by atoms with Crippen molar-refractivity contribution in [2.24, 2.45) is 0 Å². The average Bonchev–Trinajstić information content (AvgIpc) is 2.42. The van der Waals surface area contributed by atoms with Crippen LogP contribution in [0.4, 0.5) is 0 Å². The summed E-state index contributed by atoms with van der Waals surface area (Å²) in [6.45, 7) is 4.58. The van der Waals surface area contributed by atoms with Crippen LogP contribution in [0.15, 0.2) is 0 Å². The van der Waals surface area contributed by atoms with Crippen LogP contribution in [0.2, 0.25) is 0 Å². The van der Waals surface area contributed by atoms with E-state index in [4.69, 9.17) is 0 Å². The molecule has 0 saturated carbocycles. The lowest BCUT2D eigenvalue weighted by atomic mass is 10.0. The molecule has 1 heteroatoms. The summed E-state index contributed by atoms with van der Waals surface area (Å²) in [5.41, 5.74) is 0.888. The molecule has 0 aliphatic carbocycles. The lowest BCUT2D eigenvalue weighted by Crippen LogP contribution is -1.97. The first-order valence-electron chi connectivity index (χ1n) is 9.06. The minimum atomic E-state index is 0.888. The van der Waals surface area contributed by atoms with Gasteiger partial charge < -0.3 is 0 Å². The summed E-state index contributed by atoms with van der Waals surface area (Å²) in [5, 5.41) is 0. The second-order valence-electron chi connectivity index (χ2n) is 6.23. The van der Waals surface area contributed by atoms with Gasteiger partial charge >= 0.3 is 0 Å². The Morgan fingerprint density at radius 3 is 1.37 bits per heavy atom. The SMILES string of the molecule is CCCCCCCCCCCCCC(P)CCCC. The highest BCUT2D eigenvalue weighted by Gasteiger charge is 2.01. The zero-order valence-corrected chi connectivity index (χ0v) is 14.9. The lowest BCUT2D eigenvalue weighted by molar-refractivity contribution is 0.535. The van der Waals surface area contributed by atoms with Gasteiger partial charge in [0.05, 0.1) is 0 Å². The fraction of sp³-hybridized carbons (Fsp3) is 1.00. The maximum absolute atomic E-state index is 3.04. The molecule has 0 aromatic heterocycles. The molecule has 0 N–H and O–H groups in total. The highest BCUT2D eigenvalue weighted by atomic mass is 31.0. The third kappa shape index (κ3) is 16.4. The second kappa shape index (κ2) is 16.5. The molecular weight excluding hydrogens is 247 g/mol. The molecule has 0 rings (SSSR count). The Kier molecular flexibility index (Phi) is 16.9. The Hall–Kier alpha value is 0.430. The maximum Gasteiger partial charge on any atom is -0.0264 e. The summed E-state index contributed by atoms with van der Waals surface area (Å²) in [4.78, 5) is 0. The largest absolute Gasteiger partial charge is 0.134 e. The van der Waals surface area contributed by atoms with Crippen LogP contribution in [0, 0.1) is 0 Å². The topological polar surface area (TPSA) is 0 Å². The first-order valence-corrected chi connectivity index (χ1v) is 9.73. The van der Waals surface area contributed by atoms with Gasteiger partial charge in [-0.1, -0.05) is 97.3 Å². The van der Waals surface area contributed by atoms with Gasteiger partial charge in [0, 0.05) is 0 Å². The molecule has 0 fully saturated rings. The van der Waals surface area contributed by atoms with Crippen molar-refractivity contribution < 1.29 is 0 Å². The molecule has 19 heavy (non-hydrogen) atoms. The van der Waals surface area contributed by atoms with Crippen molar-refractivity contribution in [3.8, 4) is 0 Å². The normalized spacial score (nSPS) is 12.8. The van der Waals surface area contributed by atoms with Gasteiger partial charge in [-0.05, 0) is 18.5 Å². The summed E-state index contributed by atoms with van der Waals surface area (Å²) in [5.74, 6) is 0. The van der Waals surface area contributed by atoms with Crippen LogP contribution < -0.4 is 0 Å².